The first kappa shape index (κ1) is 20.4. The van der Waals surface area contributed by atoms with Crippen molar-refractivity contribution in [2.45, 2.75) is 13.0 Å². The zero-order valence-electron chi connectivity index (χ0n) is 14.5. The third kappa shape index (κ3) is 5.53. The molecule has 27 heavy (non-hydrogen) atoms. The number of anilines is 1. The number of methoxy groups -OCH3 is 1. The minimum Gasteiger partial charge on any atom is -0.497 e. The zero-order chi connectivity index (χ0) is 19.8. The van der Waals surface area contributed by atoms with Gasteiger partial charge in [-0.15, -0.1) is 0 Å². The summed E-state index contributed by atoms with van der Waals surface area (Å²) in [7, 11) is 1.42. The highest BCUT2D eigenvalue weighted by atomic mass is 32.1. The van der Waals surface area contributed by atoms with Crippen LogP contribution in [0.3, 0.4) is 0 Å². The third-order valence-electron chi connectivity index (χ3n) is 3.38. The summed E-state index contributed by atoms with van der Waals surface area (Å²) in [6.45, 7) is 0.00239. The molecule has 0 aliphatic rings. The molecule has 5 N–H and O–H groups in total. The summed E-state index contributed by atoms with van der Waals surface area (Å²) in [5.41, 5.74) is 5.47. The van der Waals surface area contributed by atoms with Crippen LogP contribution in [0.25, 0.3) is 0 Å². The van der Waals surface area contributed by atoms with Crippen LogP contribution in [0, 0.1) is 5.82 Å². The Morgan fingerprint density at radius 3 is 2.81 bits per heavy atom. The molecular weight excluding hydrogens is 379 g/mol. The minimum absolute atomic E-state index is 0.0622. The average Bonchev–Trinajstić information content (AvgIpc) is 3.03. The van der Waals surface area contributed by atoms with Gasteiger partial charge in [-0.25, -0.2) is 9.18 Å². The summed E-state index contributed by atoms with van der Waals surface area (Å²) in [5.74, 6) is -1.12. The van der Waals surface area contributed by atoms with Crippen LogP contribution in [0.15, 0.2) is 18.2 Å². The van der Waals surface area contributed by atoms with E-state index in [0.717, 1.165) is 11.5 Å². The summed E-state index contributed by atoms with van der Waals surface area (Å²) in [6.07, 6.45) is 0.389. The highest BCUT2D eigenvalue weighted by Crippen LogP contribution is 2.31. The number of aliphatic hydroxyl groups excluding tert-OH is 1. The maximum Gasteiger partial charge on any atom is 0.319 e. The summed E-state index contributed by atoms with van der Waals surface area (Å²) in [5, 5.41) is 13.8. The van der Waals surface area contributed by atoms with Gasteiger partial charge in [0.2, 0.25) is 5.88 Å². The van der Waals surface area contributed by atoms with E-state index in [1.807, 2.05) is 0 Å². The highest BCUT2D eigenvalue weighted by Gasteiger charge is 2.22. The Morgan fingerprint density at radius 2 is 2.19 bits per heavy atom. The molecule has 0 spiro atoms. The third-order valence-corrected chi connectivity index (χ3v) is 4.13. The van der Waals surface area contributed by atoms with Crippen LogP contribution in [-0.4, -0.2) is 41.7 Å². The van der Waals surface area contributed by atoms with Gasteiger partial charge in [0.1, 0.15) is 28.7 Å². The molecule has 2 aromatic rings. The van der Waals surface area contributed by atoms with Crippen LogP contribution in [-0.2, 0) is 6.61 Å². The Hall–Kier alpha value is -2.92. The summed E-state index contributed by atoms with van der Waals surface area (Å²) in [6, 6.07) is 3.68. The van der Waals surface area contributed by atoms with Gasteiger partial charge in [0.15, 0.2) is 0 Å². The largest absolute Gasteiger partial charge is 0.497 e. The first-order chi connectivity index (χ1) is 13.0. The lowest BCUT2D eigenvalue weighted by Gasteiger charge is -2.08. The molecule has 1 aromatic heterocycles. The second-order valence-corrected chi connectivity index (χ2v) is 6.03. The van der Waals surface area contributed by atoms with Gasteiger partial charge < -0.3 is 25.6 Å². The van der Waals surface area contributed by atoms with Crippen LogP contribution in [0.4, 0.5) is 14.2 Å². The van der Waals surface area contributed by atoms with Crippen molar-refractivity contribution in [3.05, 3.63) is 35.1 Å². The monoisotopic (exact) mass is 398 g/mol. The number of carbonyl (C=O) groups is 2. The molecule has 0 unspecified atom stereocenters. The molecule has 0 atom stereocenters. The molecule has 146 valence electrons. The molecule has 0 saturated heterocycles. The number of ether oxygens (including phenoxy) is 2. The lowest BCUT2D eigenvalue weighted by atomic mass is 10.2. The first-order valence-corrected chi connectivity index (χ1v) is 8.64. The van der Waals surface area contributed by atoms with Crippen LogP contribution >= 0.6 is 11.5 Å². The Labute approximate surface area is 158 Å². The molecule has 11 heteroatoms. The lowest BCUT2D eigenvalue weighted by Crippen LogP contribution is -2.30. The van der Waals surface area contributed by atoms with Gasteiger partial charge in [0, 0.05) is 24.8 Å². The van der Waals surface area contributed by atoms with Gasteiger partial charge in [-0.3, -0.25) is 10.1 Å². The fourth-order valence-electron chi connectivity index (χ4n) is 2.02. The van der Waals surface area contributed by atoms with Gasteiger partial charge >= 0.3 is 6.03 Å². The summed E-state index contributed by atoms with van der Waals surface area (Å²) < 4.78 is 28.3. The molecule has 1 aromatic carbocycles. The predicted octanol–water partition coefficient (Wildman–Crippen LogP) is 1.47. The van der Waals surface area contributed by atoms with Crippen LogP contribution in [0.2, 0.25) is 0 Å². The number of hydrogen-bond donors (Lipinski definition) is 4. The molecule has 0 bridgehead atoms. The van der Waals surface area contributed by atoms with E-state index in [2.05, 4.69) is 15.0 Å². The molecule has 2 rings (SSSR count). The maximum absolute atomic E-state index is 14.0. The number of aliphatic hydroxyl groups is 1. The number of hydrogen-bond acceptors (Lipinski definition) is 7. The lowest BCUT2D eigenvalue weighted by molar-refractivity contribution is 0.0996. The Kier molecular flexibility index (Phi) is 7.32. The standard InChI is InChI=1S/C16H19FN4O5S/c1-25-10-4-3-9(11(17)7-10)8-26-14-12(13(18)23)15(27-21-14)20-16(24)19-5-2-6-22/h3-4,7,22H,2,5-6,8H2,1H3,(H2,18,23)(H2,19,20,24). The van der Waals surface area contributed by atoms with Crippen LogP contribution in [0.5, 0.6) is 11.6 Å². The van der Waals surface area contributed by atoms with Crippen molar-refractivity contribution in [2.75, 3.05) is 25.6 Å². The normalized spacial score (nSPS) is 10.3. The van der Waals surface area contributed by atoms with Crippen LogP contribution in [0.1, 0.15) is 22.3 Å². The van der Waals surface area contributed by atoms with Crippen molar-refractivity contribution in [1.29, 1.82) is 0 Å². The fraction of sp³-hybridized carbons (Fsp3) is 0.312. The molecule has 0 radical (unpaired) electrons. The van der Waals surface area contributed by atoms with Crippen molar-refractivity contribution in [3.63, 3.8) is 0 Å². The van der Waals surface area contributed by atoms with E-state index in [4.69, 9.17) is 20.3 Å². The van der Waals surface area contributed by atoms with Crippen molar-refractivity contribution in [3.8, 4) is 11.6 Å². The van der Waals surface area contributed by atoms with Crippen LogP contribution < -0.4 is 25.8 Å². The van der Waals surface area contributed by atoms with Crippen molar-refractivity contribution in [1.82, 2.24) is 9.69 Å². The maximum atomic E-state index is 14.0. The van der Waals surface area contributed by atoms with E-state index < -0.39 is 17.8 Å². The fourth-order valence-corrected chi connectivity index (χ4v) is 2.76. The molecule has 1 heterocycles. The Balaban J connectivity index is 2.08. The number of nitrogens with one attached hydrogen (secondary N) is 2. The predicted molar refractivity (Wildman–Crippen MR) is 96.6 cm³/mol. The van der Waals surface area contributed by atoms with Crippen molar-refractivity contribution in [2.24, 2.45) is 5.73 Å². The second kappa shape index (κ2) is 9.69. The molecule has 0 fully saturated rings. The van der Waals surface area contributed by atoms with E-state index in [1.165, 1.54) is 19.2 Å². The number of carbonyl (C=O) groups excluding carboxylic acids is 2. The van der Waals surface area contributed by atoms with E-state index in [-0.39, 0.29) is 41.8 Å². The SMILES string of the molecule is COc1ccc(COc2nsc(NC(=O)NCCCO)c2C(N)=O)c(F)c1. The number of nitrogens with zero attached hydrogens (tertiary/aromatic N) is 1. The smallest absolute Gasteiger partial charge is 0.319 e. The van der Waals surface area contributed by atoms with Crippen molar-refractivity contribution < 1.29 is 28.6 Å². The number of aromatic nitrogens is 1. The molecule has 3 amide bonds. The topological polar surface area (TPSA) is 136 Å². The zero-order valence-corrected chi connectivity index (χ0v) is 15.3. The second-order valence-electron chi connectivity index (χ2n) is 5.26. The van der Waals surface area contributed by atoms with E-state index >= 15 is 0 Å². The Morgan fingerprint density at radius 1 is 1.41 bits per heavy atom. The minimum atomic E-state index is -0.848. The van der Waals surface area contributed by atoms with Gasteiger partial charge in [0.05, 0.1) is 7.11 Å². The number of halogens is 1. The number of primary amides is 1. The number of rotatable bonds is 9. The van der Waals surface area contributed by atoms with Gasteiger partial charge in [0.25, 0.3) is 5.91 Å². The van der Waals surface area contributed by atoms with E-state index in [1.54, 1.807) is 6.07 Å². The van der Waals surface area contributed by atoms with E-state index in [0.29, 0.717) is 12.2 Å². The molecule has 0 saturated carbocycles. The molecule has 0 aliphatic heterocycles. The van der Waals surface area contributed by atoms with Gasteiger partial charge in [-0.2, -0.15) is 4.37 Å². The quantitative estimate of drug-likeness (QED) is 0.472. The first-order valence-electron chi connectivity index (χ1n) is 7.86. The average molecular weight is 398 g/mol. The Bertz CT molecular complexity index is 814. The number of amides is 3. The van der Waals surface area contributed by atoms with Crippen molar-refractivity contribution >= 4 is 28.5 Å². The van der Waals surface area contributed by atoms with Gasteiger partial charge in [-0.05, 0) is 30.1 Å². The summed E-state index contributed by atoms with van der Waals surface area (Å²) >= 11 is 0.807. The molecular formula is C16H19FN4O5S. The number of urea groups is 1. The number of benzene rings is 1. The highest BCUT2D eigenvalue weighted by molar-refractivity contribution is 7.11. The van der Waals surface area contributed by atoms with Gasteiger partial charge in [-0.1, -0.05) is 0 Å². The molecule has 9 nitrogen and oxygen atoms in total. The molecule has 0 aliphatic carbocycles. The number of nitrogens with two attached hydrogens (primary N) is 1. The van der Waals surface area contributed by atoms with E-state index in [9.17, 15) is 14.0 Å². The summed E-state index contributed by atoms with van der Waals surface area (Å²) in [4.78, 5) is 23.5.